The van der Waals surface area contributed by atoms with Crippen LogP contribution in [0, 0.1) is 5.92 Å². The molecule has 0 saturated heterocycles. The highest BCUT2D eigenvalue weighted by atomic mass is 16.5. The monoisotopic (exact) mass is 344 g/mol. The van der Waals surface area contributed by atoms with Crippen molar-refractivity contribution in [2.75, 3.05) is 26.4 Å². The molecular weight excluding hydrogens is 312 g/mol. The van der Waals surface area contributed by atoms with Gasteiger partial charge >= 0.3 is 11.9 Å². The van der Waals surface area contributed by atoms with Gasteiger partial charge in [-0.1, -0.05) is 31.9 Å². The Morgan fingerprint density at radius 1 is 0.958 bits per heavy atom. The molecule has 1 unspecified atom stereocenters. The third-order valence-corrected chi connectivity index (χ3v) is 3.43. The van der Waals surface area contributed by atoms with Crippen molar-refractivity contribution in [3.05, 3.63) is 12.2 Å². The number of allylic oxidation sites excluding steroid dienone is 2. The quantitative estimate of drug-likeness (QED) is 0.269. The third kappa shape index (κ3) is 13.1. The van der Waals surface area contributed by atoms with E-state index in [4.69, 9.17) is 19.7 Å². The molecule has 0 aliphatic heterocycles. The fraction of sp³-hybridized carbons (Fsp3) is 0.778. The van der Waals surface area contributed by atoms with Gasteiger partial charge in [-0.05, 0) is 19.3 Å². The van der Waals surface area contributed by atoms with Gasteiger partial charge in [0.05, 0.1) is 25.6 Å². The molecule has 0 aliphatic rings. The Kier molecular flexibility index (Phi) is 15.5. The van der Waals surface area contributed by atoms with Crippen LogP contribution in [0.4, 0.5) is 0 Å². The molecule has 0 radical (unpaired) electrons. The predicted molar refractivity (Wildman–Crippen MR) is 91.3 cm³/mol. The first-order chi connectivity index (χ1) is 11.7. The minimum absolute atomic E-state index is 0.0216. The van der Waals surface area contributed by atoms with Gasteiger partial charge in [-0.2, -0.15) is 0 Å². The fourth-order valence-electron chi connectivity index (χ4n) is 2.02. The molecule has 0 rings (SSSR count). The Morgan fingerprint density at radius 3 is 2.21 bits per heavy atom. The van der Waals surface area contributed by atoms with Crippen molar-refractivity contribution in [1.82, 2.24) is 0 Å². The zero-order chi connectivity index (χ0) is 18.0. The van der Waals surface area contributed by atoms with Crippen molar-refractivity contribution < 1.29 is 29.3 Å². The Bertz CT molecular complexity index is 353. The number of rotatable bonds is 15. The first-order valence-corrected chi connectivity index (χ1v) is 8.84. The van der Waals surface area contributed by atoms with Gasteiger partial charge in [0.15, 0.2) is 0 Å². The molecule has 0 amide bonds. The van der Waals surface area contributed by atoms with Crippen LogP contribution >= 0.6 is 0 Å². The first kappa shape index (κ1) is 22.6. The Labute approximate surface area is 144 Å². The Morgan fingerprint density at radius 2 is 1.58 bits per heavy atom. The molecule has 6 nitrogen and oxygen atoms in total. The molecule has 0 fully saturated rings. The molecule has 24 heavy (non-hydrogen) atoms. The van der Waals surface area contributed by atoms with E-state index < -0.39 is 17.9 Å². The van der Waals surface area contributed by atoms with Crippen molar-refractivity contribution in [3.8, 4) is 0 Å². The molecule has 1 atom stereocenters. The van der Waals surface area contributed by atoms with E-state index in [2.05, 4.69) is 13.0 Å². The van der Waals surface area contributed by atoms with Crippen LogP contribution in [0.3, 0.4) is 0 Å². The lowest BCUT2D eigenvalue weighted by Crippen LogP contribution is -2.23. The van der Waals surface area contributed by atoms with Gasteiger partial charge in [-0.3, -0.25) is 9.59 Å². The van der Waals surface area contributed by atoms with Gasteiger partial charge in [0.1, 0.15) is 0 Å². The van der Waals surface area contributed by atoms with Crippen molar-refractivity contribution in [2.24, 2.45) is 5.92 Å². The third-order valence-electron chi connectivity index (χ3n) is 3.43. The maximum absolute atomic E-state index is 12.1. The topological polar surface area (TPSA) is 93.1 Å². The summed E-state index contributed by atoms with van der Waals surface area (Å²) in [5.41, 5.74) is 0. The molecule has 0 aromatic rings. The average Bonchev–Trinajstić information content (AvgIpc) is 2.57. The molecule has 140 valence electrons. The Balaban J connectivity index is 4.33. The number of ether oxygens (including phenoxy) is 2. The molecule has 0 bridgehead atoms. The standard InChI is InChI=1S/C18H32O6/c1-2-3-4-5-6-7-10-16(18(22)24-14-9-12-20)15-17(21)23-13-8-11-19/h5-6,16,19-20H,2-4,7-15H2,1H3/b6-5+. The summed E-state index contributed by atoms with van der Waals surface area (Å²) in [7, 11) is 0. The van der Waals surface area contributed by atoms with E-state index >= 15 is 0 Å². The largest absolute Gasteiger partial charge is 0.466 e. The molecule has 0 aromatic heterocycles. The molecule has 0 heterocycles. The molecule has 6 heteroatoms. The minimum Gasteiger partial charge on any atom is -0.466 e. The summed E-state index contributed by atoms with van der Waals surface area (Å²) in [4.78, 5) is 23.8. The van der Waals surface area contributed by atoms with Crippen LogP contribution in [0.15, 0.2) is 12.2 Å². The number of hydrogen-bond acceptors (Lipinski definition) is 6. The van der Waals surface area contributed by atoms with E-state index in [1.165, 1.54) is 0 Å². The van der Waals surface area contributed by atoms with Crippen molar-refractivity contribution in [3.63, 3.8) is 0 Å². The van der Waals surface area contributed by atoms with Gasteiger partial charge in [-0.25, -0.2) is 0 Å². The molecular formula is C18H32O6. The number of aliphatic hydroxyl groups is 2. The summed E-state index contributed by atoms with van der Waals surface area (Å²) in [6.07, 6.45) is 9.40. The SMILES string of the molecule is CCCC/C=C/CCC(CC(=O)OCCCO)C(=O)OCCCO. The average molecular weight is 344 g/mol. The van der Waals surface area contributed by atoms with E-state index in [1.807, 2.05) is 6.08 Å². The highest BCUT2D eigenvalue weighted by Gasteiger charge is 2.23. The van der Waals surface area contributed by atoms with Crippen molar-refractivity contribution in [1.29, 1.82) is 0 Å². The van der Waals surface area contributed by atoms with Crippen LogP contribution < -0.4 is 0 Å². The predicted octanol–water partition coefficient (Wildman–Crippen LogP) is 2.37. The lowest BCUT2D eigenvalue weighted by Gasteiger charge is -2.14. The fourth-order valence-corrected chi connectivity index (χ4v) is 2.02. The summed E-state index contributed by atoms with van der Waals surface area (Å²) >= 11 is 0. The zero-order valence-electron chi connectivity index (χ0n) is 14.7. The normalized spacial score (nSPS) is 12.3. The van der Waals surface area contributed by atoms with Gasteiger partial charge in [0.25, 0.3) is 0 Å². The zero-order valence-corrected chi connectivity index (χ0v) is 14.7. The van der Waals surface area contributed by atoms with Crippen LogP contribution in [0.2, 0.25) is 0 Å². The lowest BCUT2D eigenvalue weighted by molar-refractivity contribution is -0.155. The number of esters is 2. The molecule has 0 saturated carbocycles. The van der Waals surface area contributed by atoms with Crippen LogP contribution in [0.1, 0.15) is 58.3 Å². The van der Waals surface area contributed by atoms with Crippen LogP contribution in [0.5, 0.6) is 0 Å². The van der Waals surface area contributed by atoms with Gasteiger partial charge in [-0.15, -0.1) is 0 Å². The molecule has 0 spiro atoms. The van der Waals surface area contributed by atoms with Gasteiger partial charge in [0.2, 0.25) is 0 Å². The highest BCUT2D eigenvalue weighted by molar-refractivity contribution is 5.79. The minimum atomic E-state index is -0.541. The van der Waals surface area contributed by atoms with Crippen LogP contribution in [-0.4, -0.2) is 48.6 Å². The van der Waals surface area contributed by atoms with Crippen molar-refractivity contribution in [2.45, 2.75) is 58.3 Å². The Hall–Kier alpha value is -1.40. The second-order valence-electron chi connectivity index (χ2n) is 5.63. The maximum Gasteiger partial charge on any atom is 0.309 e. The van der Waals surface area contributed by atoms with E-state index in [-0.39, 0.29) is 32.8 Å². The second kappa shape index (κ2) is 16.5. The highest BCUT2D eigenvalue weighted by Crippen LogP contribution is 2.16. The van der Waals surface area contributed by atoms with Crippen LogP contribution in [-0.2, 0) is 19.1 Å². The number of hydrogen-bond donors (Lipinski definition) is 2. The van der Waals surface area contributed by atoms with Gasteiger partial charge in [0, 0.05) is 26.1 Å². The smallest absolute Gasteiger partial charge is 0.309 e. The van der Waals surface area contributed by atoms with Crippen molar-refractivity contribution >= 4 is 11.9 Å². The number of unbranched alkanes of at least 4 members (excludes halogenated alkanes) is 2. The van der Waals surface area contributed by atoms with E-state index in [0.29, 0.717) is 25.7 Å². The van der Waals surface area contributed by atoms with E-state index in [9.17, 15) is 9.59 Å². The van der Waals surface area contributed by atoms with Crippen LogP contribution in [0.25, 0.3) is 0 Å². The maximum atomic E-state index is 12.1. The lowest BCUT2D eigenvalue weighted by atomic mass is 9.99. The summed E-state index contributed by atoms with van der Waals surface area (Å²) in [6, 6.07) is 0. The second-order valence-corrected chi connectivity index (χ2v) is 5.63. The summed E-state index contributed by atoms with van der Waals surface area (Å²) in [5.74, 6) is -1.42. The van der Waals surface area contributed by atoms with E-state index in [0.717, 1.165) is 19.3 Å². The molecule has 0 aromatic carbocycles. The number of aliphatic hydroxyl groups excluding tert-OH is 2. The summed E-state index contributed by atoms with van der Waals surface area (Å²) < 4.78 is 10.1. The molecule has 2 N–H and O–H groups in total. The van der Waals surface area contributed by atoms with E-state index in [1.54, 1.807) is 0 Å². The number of carbonyl (C=O) groups excluding carboxylic acids is 2. The van der Waals surface area contributed by atoms with Gasteiger partial charge < -0.3 is 19.7 Å². The summed E-state index contributed by atoms with van der Waals surface area (Å²) in [5, 5.41) is 17.4. The summed E-state index contributed by atoms with van der Waals surface area (Å²) in [6.45, 7) is 2.36. The number of carbonyl (C=O) groups is 2. The first-order valence-electron chi connectivity index (χ1n) is 8.84. The molecule has 0 aliphatic carbocycles.